The van der Waals surface area contributed by atoms with Gasteiger partial charge in [0.05, 0.1) is 18.6 Å². The van der Waals surface area contributed by atoms with Crippen LogP contribution < -0.4 is 4.90 Å². The van der Waals surface area contributed by atoms with Crippen molar-refractivity contribution in [3.8, 4) is 11.5 Å². The minimum atomic E-state index is -4.58. The molecule has 2 atom stereocenters. The van der Waals surface area contributed by atoms with Crippen molar-refractivity contribution >= 4 is 17.7 Å². The van der Waals surface area contributed by atoms with Gasteiger partial charge in [0.2, 0.25) is 0 Å². The van der Waals surface area contributed by atoms with Gasteiger partial charge in [-0.3, -0.25) is 9.50 Å². The topological polar surface area (TPSA) is 138 Å². The number of aromatic amines is 1. The Bertz CT molecular complexity index is 1410. The van der Waals surface area contributed by atoms with Gasteiger partial charge in [0, 0.05) is 31.4 Å². The van der Waals surface area contributed by atoms with Gasteiger partial charge in [-0.2, -0.15) is 18.3 Å². The molecule has 4 aromatic heterocycles. The fourth-order valence-electron chi connectivity index (χ4n) is 4.51. The summed E-state index contributed by atoms with van der Waals surface area (Å²) in [7, 11) is 0. The van der Waals surface area contributed by atoms with Gasteiger partial charge >= 0.3 is 6.18 Å². The molecule has 0 radical (unpaired) electrons. The van der Waals surface area contributed by atoms with Gasteiger partial charge in [-0.25, -0.2) is 24.9 Å². The Labute approximate surface area is 195 Å². The monoisotopic (exact) mass is 482 g/mol. The Hall–Kier alpha value is -4.30. The number of hydrogen-bond donors (Lipinski definition) is 1. The second-order valence-corrected chi connectivity index (χ2v) is 8.25. The van der Waals surface area contributed by atoms with Crippen LogP contribution in [0.4, 0.5) is 19.0 Å². The van der Waals surface area contributed by atoms with Crippen LogP contribution in [0.3, 0.4) is 0 Å². The van der Waals surface area contributed by atoms with Gasteiger partial charge in [-0.05, 0) is 24.1 Å². The summed E-state index contributed by atoms with van der Waals surface area (Å²) in [6, 6.07) is 1.77. The number of anilines is 1. The molecule has 6 heterocycles. The Morgan fingerprint density at radius 3 is 2.80 bits per heavy atom. The van der Waals surface area contributed by atoms with E-state index in [9.17, 15) is 13.2 Å². The predicted octanol–water partition coefficient (Wildman–Crippen LogP) is 2.89. The van der Waals surface area contributed by atoms with E-state index in [0.29, 0.717) is 23.9 Å². The van der Waals surface area contributed by atoms with Gasteiger partial charge in [-0.15, -0.1) is 10.2 Å². The molecule has 1 saturated heterocycles. The number of aromatic nitrogens is 8. The lowest BCUT2D eigenvalue weighted by Crippen LogP contribution is -2.46. The number of nitrogens with one attached hydrogen (secondary N) is 1. The lowest BCUT2D eigenvalue weighted by molar-refractivity contribution is -0.141. The Kier molecular flexibility index (Phi) is 4.79. The quantitative estimate of drug-likeness (QED) is 0.472. The Morgan fingerprint density at radius 1 is 1.11 bits per heavy atom. The first kappa shape index (κ1) is 21.2. The third kappa shape index (κ3) is 3.59. The lowest BCUT2D eigenvalue weighted by atomic mass is 9.79. The number of imidazole rings is 1. The van der Waals surface area contributed by atoms with Crippen molar-refractivity contribution in [2.24, 2.45) is 21.4 Å². The van der Waals surface area contributed by atoms with Crippen molar-refractivity contribution in [3.05, 3.63) is 48.7 Å². The van der Waals surface area contributed by atoms with E-state index in [1.807, 2.05) is 0 Å². The standard InChI is InChI=1S/C20H17F3N12/c21-20(22,23)14-9-35-13(6-26-16(35)7-25-14)17-24-4-3-15(30-17)34-5-1-2-12(8-34)19(10-28-33-32-19)18-27-11-29-31-18/h3-4,6-7,9-12H,1-2,5,8H2,(H,27,29,31). The van der Waals surface area contributed by atoms with E-state index in [-0.39, 0.29) is 17.4 Å². The summed E-state index contributed by atoms with van der Waals surface area (Å²) in [5, 5.41) is 19.1. The molecule has 12 nitrogen and oxygen atoms in total. The van der Waals surface area contributed by atoms with E-state index in [0.717, 1.165) is 31.8 Å². The van der Waals surface area contributed by atoms with E-state index in [1.165, 1.54) is 16.9 Å². The zero-order valence-corrected chi connectivity index (χ0v) is 18.0. The summed E-state index contributed by atoms with van der Waals surface area (Å²) in [5.74, 6) is 1.37. The molecule has 0 bridgehead atoms. The smallest absolute Gasteiger partial charge is 0.356 e. The first-order valence-corrected chi connectivity index (χ1v) is 10.8. The van der Waals surface area contributed by atoms with Crippen LogP contribution in [-0.2, 0) is 11.7 Å². The van der Waals surface area contributed by atoms with Crippen LogP contribution in [0.5, 0.6) is 0 Å². The maximum absolute atomic E-state index is 13.2. The van der Waals surface area contributed by atoms with Crippen molar-refractivity contribution in [2.45, 2.75) is 24.6 Å². The van der Waals surface area contributed by atoms with Crippen molar-refractivity contribution in [2.75, 3.05) is 18.0 Å². The lowest BCUT2D eigenvalue weighted by Gasteiger charge is -2.38. The molecular formula is C20H17F3N12. The van der Waals surface area contributed by atoms with E-state index >= 15 is 0 Å². The highest BCUT2D eigenvalue weighted by Crippen LogP contribution is 2.39. The van der Waals surface area contributed by atoms with Gasteiger partial charge in [0.15, 0.2) is 28.5 Å². The van der Waals surface area contributed by atoms with E-state index in [4.69, 9.17) is 0 Å². The van der Waals surface area contributed by atoms with Crippen molar-refractivity contribution in [1.82, 2.24) is 39.5 Å². The number of halogens is 3. The molecule has 0 spiro atoms. The number of piperidine rings is 1. The molecule has 1 N–H and O–H groups in total. The second kappa shape index (κ2) is 7.89. The van der Waals surface area contributed by atoms with Crippen molar-refractivity contribution in [3.63, 3.8) is 0 Å². The maximum Gasteiger partial charge on any atom is 0.434 e. The average molecular weight is 482 g/mol. The number of nitrogens with zero attached hydrogens (tertiary/aromatic N) is 11. The van der Waals surface area contributed by atoms with Crippen LogP contribution in [0.1, 0.15) is 24.4 Å². The van der Waals surface area contributed by atoms with Crippen LogP contribution in [0, 0.1) is 5.92 Å². The van der Waals surface area contributed by atoms with Crippen LogP contribution in [-0.4, -0.2) is 58.8 Å². The molecule has 15 heteroatoms. The Balaban J connectivity index is 1.33. The normalized spacial score (nSPS) is 22.4. The van der Waals surface area contributed by atoms with Crippen LogP contribution >= 0.6 is 0 Å². The van der Waals surface area contributed by atoms with Crippen LogP contribution in [0.15, 0.2) is 52.6 Å². The van der Waals surface area contributed by atoms with Gasteiger partial charge in [-0.1, -0.05) is 0 Å². The zero-order chi connectivity index (χ0) is 24.0. The number of alkyl halides is 3. The number of rotatable bonds is 4. The predicted molar refractivity (Wildman–Crippen MR) is 115 cm³/mol. The molecule has 6 rings (SSSR count). The largest absolute Gasteiger partial charge is 0.434 e. The molecular weight excluding hydrogens is 465 g/mol. The summed E-state index contributed by atoms with van der Waals surface area (Å²) >= 11 is 0. The summed E-state index contributed by atoms with van der Waals surface area (Å²) in [6.07, 6.45) is 5.27. The minimum absolute atomic E-state index is 0.0170. The third-order valence-corrected chi connectivity index (χ3v) is 6.21. The molecule has 2 unspecified atom stereocenters. The average Bonchev–Trinajstić information content (AvgIpc) is 3.64. The maximum atomic E-state index is 13.2. The van der Waals surface area contributed by atoms with Gasteiger partial charge in [0.25, 0.3) is 0 Å². The number of hydrogen-bond acceptors (Lipinski definition) is 10. The molecule has 35 heavy (non-hydrogen) atoms. The molecule has 2 aliphatic heterocycles. The molecule has 1 fully saturated rings. The highest BCUT2D eigenvalue weighted by molar-refractivity contribution is 5.73. The van der Waals surface area contributed by atoms with E-state index < -0.39 is 17.4 Å². The highest BCUT2D eigenvalue weighted by atomic mass is 19.4. The second-order valence-electron chi connectivity index (χ2n) is 8.25. The highest BCUT2D eigenvalue weighted by Gasteiger charge is 2.47. The van der Waals surface area contributed by atoms with Crippen LogP contribution in [0.2, 0.25) is 0 Å². The first-order chi connectivity index (χ1) is 16.9. The first-order valence-electron chi connectivity index (χ1n) is 10.8. The van der Waals surface area contributed by atoms with Crippen molar-refractivity contribution < 1.29 is 13.2 Å². The van der Waals surface area contributed by atoms with E-state index in [1.54, 1.807) is 18.5 Å². The number of fused-ring (bicyclic) bond motifs is 1. The summed E-state index contributed by atoms with van der Waals surface area (Å²) in [5.41, 5.74) is -1.29. The SMILES string of the molecule is FC(F)(F)c1cn2c(-c3nccc(N4CCCC(C5(c6nc[nH]n6)C=NN=N5)C4)n3)cnc2cn1. The Morgan fingerprint density at radius 2 is 2.03 bits per heavy atom. The molecule has 0 aliphatic carbocycles. The number of H-pyrrole nitrogens is 1. The molecule has 0 saturated carbocycles. The van der Waals surface area contributed by atoms with Gasteiger partial charge in [0.1, 0.15) is 17.8 Å². The van der Waals surface area contributed by atoms with Crippen LogP contribution in [0.25, 0.3) is 17.2 Å². The molecule has 178 valence electrons. The van der Waals surface area contributed by atoms with Crippen molar-refractivity contribution in [1.29, 1.82) is 0 Å². The molecule has 0 aromatic carbocycles. The summed E-state index contributed by atoms with van der Waals surface area (Å²) in [6.45, 7) is 1.31. The fourth-order valence-corrected chi connectivity index (χ4v) is 4.51. The summed E-state index contributed by atoms with van der Waals surface area (Å²) in [4.78, 5) is 22.9. The molecule has 2 aliphatic rings. The summed E-state index contributed by atoms with van der Waals surface area (Å²) < 4.78 is 40.9. The fraction of sp³-hybridized carbons (Fsp3) is 0.350. The van der Waals surface area contributed by atoms with Gasteiger partial charge < -0.3 is 4.90 Å². The zero-order valence-electron chi connectivity index (χ0n) is 18.0. The molecule has 0 amide bonds. The third-order valence-electron chi connectivity index (χ3n) is 6.21. The van der Waals surface area contributed by atoms with E-state index in [2.05, 4.69) is 55.5 Å². The molecule has 4 aromatic rings. The minimum Gasteiger partial charge on any atom is -0.356 e.